The highest BCUT2D eigenvalue weighted by molar-refractivity contribution is 5.85. The SMILES string of the molecule is COc1cccc(Nc2ccc(OCCN3CCOCC3)c(-c3ccnn3C)c2)c1.Cl. The third kappa shape index (κ3) is 5.91. The van der Waals surface area contributed by atoms with Crippen LogP contribution in [0.15, 0.2) is 54.7 Å². The molecule has 1 N–H and O–H groups in total. The summed E-state index contributed by atoms with van der Waals surface area (Å²) < 4.78 is 18.8. The van der Waals surface area contributed by atoms with Crippen LogP contribution in [0.4, 0.5) is 11.4 Å². The number of anilines is 2. The Labute approximate surface area is 189 Å². The van der Waals surface area contributed by atoms with E-state index < -0.39 is 0 Å². The number of methoxy groups -OCH3 is 1. The van der Waals surface area contributed by atoms with Crippen LogP contribution in [0.5, 0.6) is 11.5 Å². The van der Waals surface area contributed by atoms with E-state index in [1.165, 1.54) is 0 Å². The number of hydrogen-bond donors (Lipinski definition) is 1. The number of halogens is 1. The fourth-order valence-corrected chi connectivity index (χ4v) is 3.55. The van der Waals surface area contributed by atoms with Crippen molar-refractivity contribution >= 4 is 23.8 Å². The quantitative estimate of drug-likeness (QED) is 0.567. The van der Waals surface area contributed by atoms with Gasteiger partial charge >= 0.3 is 0 Å². The van der Waals surface area contributed by atoms with Crippen molar-refractivity contribution < 1.29 is 14.2 Å². The molecule has 1 aliphatic heterocycles. The summed E-state index contributed by atoms with van der Waals surface area (Å²) >= 11 is 0. The summed E-state index contributed by atoms with van der Waals surface area (Å²) in [6.45, 7) is 5.03. The molecule has 0 atom stereocenters. The van der Waals surface area contributed by atoms with Gasteiger partial charge in [0.15, 0.2) is 0 Å². The van der Waals surface area contributed by atoms with Crippen molar-refractivity contribution in [2.45, 2.75) is 0 Å². The molecule has 0 saturated carbocycles. The Morgan fingerprint density at radius 3 is 2.61 bits per heavy atom. The van der Waals surface area contributed by atoms with Crippen molar-refractivity contribution in [3.05, 3.63) is 54.7 Å². The molecule has 1 aromatic heterocycles. The summed E-state index contributed by atoms with van der Waals surface area (Å²) in [4.78, 5) is 2.37. The summed E-state index contributed by atoms with van der Waals surface area (Å²) in [6.07, 6.45) is 1.80. The number of nitrogens with zero attached hydrogens (tertiary/aromatic N) is 3. The van der Waals surface area contributed by atoms with Crippen LogP contribution >= 0.6 is 12.4 Å². The summed E-state index contributed by atoms with van der Waals surface area (Å²) in [6, 6.07) is 16.0. The van der Waals surface area contributed by atoms with E-state index in [1.807, 2.05) is 54.2 Å². The largest absolute Gasteiger partial charge is 0.497 e. The number of benzene rings is 2. The van der Waals surface area contributed by atoms with Gasteiger partial charge in [-0.15, -0.1) is 12.4 Å². The number of ether oxygens (including phenoxy) is 3. The van der Waals surface area contributed by atoms with Crippen LogP contribution in [0.25, 0.3) is 11.3 Å². The summed E-state index contributed by atoms with van der Waals surface area (Å²) in [7, 11) is 3.61. The molecule has 4 rings (SSSR count). The Kier molecular flexibility index (Phi) is 8.17. The first-order valence-electron chi connectivity index (χ1n) is 10.2. The van der Waals surface area contributed by atoms with Crippen LogP contribution in [-0.2, 0) is 11.8 Å². The Bertz CT molecular complexity index is 973. The molecular weight excluding hydrogens is 416 g/mol. The fourth-order valence-electron chi connectivity index (χ4n) is 3.55. The maximum Gasteiger partial charge on any atom is 0.128 e. The molecule has 1 saturated heterocycles. The molecule has 0 unspecified atom stereocenters. The number of nitrogens with one attached hydrogen (secondary N) is 1. The molecular formula is C23H29ClN4O3. The van der Waals surface area contributed by atoms with Gasteiger partial charge < -0.3 is 19.5 Å². The number of aromatic nitrogens is 2. The van der Waals surface area contributed by atoms with Crippen molar-refractivity contribution in [1.29, 1.82) is 0 Å². The Hall–Kier alpha value is -2.74. The first kappa shape index (κ1) is 22.9. The Morgan fingerprint density at radius 1 is 1.06 bits per heavy atom. The van der Waals surface area contributed by atoms with Gasteiger partial charge in [-0.2, -0.15) is 5.10 Å². The Morgan fingerprint density at radius 2 is 1.87 bits per heavy atom. The van der Waals surface area contributed by atoms with Gasteiger partial charge in [-0.25, -0.2) is 0 Å². The first-order chi connectivity index (χ1) is 14.7. The molecule has 0 amide bonds. The van der Waals surface area contributed by atoms with Crippen LogP contribution < -0.4 is 14.8 Å². The standard InChI is InChI=1S/C23H28N4O3.ClH/c1-26-22(8-9-24-26)21-17-19(25-18-4-3-5-20(16-18)28-2)6-7-23(21)30-15-12-27-10-13-29-14-11-27;/h3-9,16-17,25H,10-15H2,1-2H3;1H. The van der Waals surface area contributed by atoms with Crippen LogP contribution in [0.2, 0.25) is 0 Å². The molecule has 31 heavy (non-hydrogen) atoms. The van der Waals surface area contributed by atoms with Gasteiger partial charge in [-0.1, -0.05) is 6.07 Å². The normalized spacial score (nSPS) is 14.0. The van der Waals surface area contributed by atoms with E-state index in [1.54, 1.807) is 13.3 Å². The minimum absolute atomic E-state index is 0. The lowest BCUT2D eigenvalue weighted by atomic mass is 10.1. The zero-order valence-electron chi connectivity index (χ0n) is 17.9. The minimum atomic E-state index is 0. The predicted molar refractivity (Wildman–Crippen MR) is 125 cm³/mol. The van der Waals surface area contributed by atoms with Crippen LogP contribution in [0, 0.1) is 0 Å². The third-order valence-electron chi connectivity index (χ3n) is 5.20. The zero-order valence-corrected chi connectivity index (χ0v) is 18.7. The number of aryl methyl sites for hydroxylation is 1. The lowest BCUT2D eigenvalue weighted by Crippen LogP contribution is -2.38. The fraction of sp³-hybridized carbons (Fsp3) is 0.348. The van der Waals surface area contributed by atoms with Gasteiger partial charge in [0, 0.05) is 55.9 Å². The van der Waals surface area contributed by atoms with Crippen molar-refractivity contribution in [3.8, 4) is 22.8 Å². The van der Waals surface area contributed by atoms with Gasteiger partial charge in [0.25, 0.3) is 0 Å². The third-order valence-corrected chi connectivity index (χ3v) is 5.20. The van der Waals surface area contributed by atoms with E-state index in [9.17, 15) is 0 Å². The van der Waals surface area contributed by atoms with Crippen LogP contribution in [0.1, 0.15) is 0 Å². The average molecular weight is 445 g/mol. The van der Waals surface area contributed by atoms with E-state index in [0.29, 0.717) is 6.61 Å². The first-order valence-corrected chi connectivity index (χ1v) is 10.2. The lowest BCUT2D eigenvalue weighted by Gasteiger charge is -2.26. The molecule has 0 bridgehead atoms. The molecule has 7 nitrogen and oxygen atoms in total. The molecule has 3 aromatic rings. The maximum atomic E-state index is 6.19. The molecule has 0 radical (unpaired) electrons. The molecule has 2 aromatic carbocycles. The smallest absolute Gasteiger partial charge is 0.128 e. The van der Waals surface area contributed by atoms with Gasteiger partial charge in [-0.05, 0) is 36.4 Å². The van der Waals surface area contributed by atoms with Crippen molar-refractivity contribution in [2.24, 2.45) is 7.05 Å². The lowest BCUT2D eigenvalue weighted by molar-refractivity contribution is 0.0323. The number of rotatable bonds is 8. The van der Waals surface area contributed by atoms with E-state index in [4.69, 9.17) is 14.2 Å². The molecule has 1 fully saturated rings. The van der Waals surface area contributed by atoms with Crippen LogP contribution in [-0.4, -0.2) is 61.2 Å². The zero-order chi connectivity index (χ0) is 20.8. The average Bonchev–Trinajstić information content (AvgIpc) is 3.21. The van der Waals surface area contributed by atoms with Crippen molar-refractivity contribution in [2.75, 3.05) is 51.9 Å². The molecule has 166 valence electrons. The minimum Gasteiger partial charge on any atom is -0.497 e. The predicted octanol–water partition coefficient (Wildman–Crippen LogP) is 3.97. The number of morpholine rings is 1. The van der Waals surface area contributed by atoms with Crippen molar-refractivity contribution in [3.63, 3.8) is 0 Å². The van der Waals surface area contributed by atoms with Gasteiger partial charge in [0.05, 0.1) is 26.0 Å². The molecule has 2 heterocycles. The number of hydrogen-bond acceptors (Lipinski definition) is 6. The van der Waals surface area contributed by atoms with Crippen molar-refractivity contribution in [1.82, 2.24) is 14.7 Å². The Balaban J connectivity index is 0.00000272. The van der Waals surface area contributed by atoms with E-state index in [0.717, 1.165) is 67.0 Å². The maximum absolute atomic E-state index is 6.19. The highest BCUT2D eigenvalue weighted by atomic mass is 35.5. The van der Waals surface area contributed by atoms with Gasteiger partial charge in [0.2, 0.25) is 0 Å². The van der Waals surface area contributed by atoms with E-state index in [2.05, 4.69) is 21.4 Å². The molecule has 0 aliphatic carbocycles. The highest BCUT2D eigenvalue weighted by Crippen LogP contribution is 2.33. The van der Waals surface area contributed by atoms with E-state index in [-0.39, 0.29) is 12.4 Å². The summed E-state index contributed by atoms with van der Waals surface area (Å²) in [5, 5.41) is 7.77. The summed E-state index contributed by atoms with van der Waals surface area (Å²) in [5.41, 5.74) is 3.95. The summed E-state index contributed by atoms with van der Waals surface area (Å²) in [5.74, 6) is 1.66. The molecule has 1 aliphatic rings. The monoisotopic (exact) mass is 444 g/mol. The van der Waals surface area contributed by atoms with Crippen LogP contribution in [0.3, 0.4) is 0 Å². The highest BCUT2D eigenvalue weighted by Gasteiger charge is 2.14. The van der Waals surface area contributed by atoms with Gasteiger partial charge in [0.1, 0.15) is 18.1 Å². The van der Waals surface area contributed by atoms with E-state index >= 15 is 0 Å². The molecule has 0 spiro atoms. The second-order valence-corrected chi connectivity index (χ2v) is 7.21. The topological polar surface area (TPSA) is 60.8 Å². The second kappa shape index (κ2) is 11.0. The molecule has 8 heteroatoms. The second-order valence-electron chi connectivity index (χ2n) is 7.21. The van der Waals surface area contributed by atoms with Gasteiger partial charge in [-0.3, -0.25) is 9.58 Å².